The number of hydrogen-bond acceptors (Lipinski definition) is 10. The Labute approximate surface area is 195 Å². The fourth-order valence-corrected chi connectivity index (χ4v) is 2.72. The van der Waals surface area contributed by atoms with Crippen molar-refractivity contribution in [3.05, 3.63) is 103 Å². The number of hydrazone groups is 1. The van der Waals surface area contributed by atoms with Gasteiger partial charge in [-0.3, -0.25) is 35.1 Å². The molecule has 0 aliphatic heterocycles. The molecule has 0 saturated heterocycles. The number of non-ortho nitro benzene ring substituents is 1. The maximum absolute atomic E-state index is 11.9. The fourth-order valence-electron chi connectivity index (χ4n) is 2.72. The number of nitrogens with one attached hydrogen (secondary N) is 1. The number of para-hydroxylation sites is 2. The molecule has 14 nitrogen and oxygen atoms in total. The first kappa shape index (κ1) is 24.2. The van der Waals surface area contributed by atoms with Crippen LogP contribution in [0.5, 0.6) is 17.2 Å². The number of nitro benzene ring substituents is 3. The molecule has 35 heavy (non-hydrogen) atoms. The summed E-state index contributed by atoms with van der Waals surface area (Å²) in [6.07, 6.45) is 1.26. The normalized spacial score (nSPS) is 10.5. The highest BCUT2D eigenvalue weighted by molar-refractivity contribution is 5.83. The van der Waals surface area contributed by atoms with E-state index in [0.29, 0.717) is 5.56 Å². The lowest BCUT2D eigenvalue weighted by Crippen LogP contribution is -2.24. The summed E-state index contributed by atoms with van der Waals surface area (Å²) < 4.78 is 10.7. The molecule has 1 N–H and O–H groups in total. The van der Waals surface area contributed by atoms with Gasteiger partial charge in [-0.2, -0.15) is 5.10 Å². The van der Waals surface area contributed by atoms with E-state index in [0.717, 1.165) is 18.2 Å². The number of hydrogen-bond donors (Lipinski definition) is 1. The second-order valence-electron chi connectivity index (χ2n) is 6.65. The first-order valence-corrected chi connectivity index (χ1v) is 9.63. The molecule has 0 spiro atoms. The Morgan fingerprint density at radius 2 is 1.60 bits per heavy atom. The van der Waals surface area contributed by atoms with E-state index in [1.165, 1.54) is 42.6 Å². The summed E-state index contributed by atoms with van der Waals surface area (Å²) in [6, 6.07) is 14.7. The van der Waals surface area contributed by atoms with E-state index in [2.05, 4.69) is 10.5 Å². The van der Waals surface area contributed by atoms with Crippen LogP contribution in [0.3, 0.4) is 0 Å². The molecule has 0 aliphatic carbocycles. The summed E-state index contributed by atoms with van der Waals surface area (Å²) in [6.45, 7) is -0.519. The van der Waals surface area contributed by atoms with Gasteiger partial charge in [0.25, 0.3) is 11.6 Å². The van der Waals surface area contributed by atoms with E-state index in [9.17, 15) is 35.1 Å². The Morgan fingerprint density at radius 1 is 0.857 bits per heavy atom. The van der Waals surface area contributed by atoms with E-state index >= 15 is 0 Å². The molecule has 0 fully saturated rings. The average Bonchev–Trinajstić information content (AvgIpc) is 2.83. The highest BCUT2D eigenvalue weighted by atomic mass is 16.6. The zero-order valence-electron chi connectivity index (χ0n) is 17.6. The summed E-state index contributed by atoms with van der Waals surface area (Å²) in [7, 11) is 0. The second kappa shape index (κ2) is 11.0. The van der Waals surface area contributed by atoms with Crippen molar-refractivity contribution < 1.29 is 29.0 Å². The van der Waals surface area contributed by atoms with Crippen molar-refractivity contribution in [2.24, 2.45) is 5.10 Å². The van der Waals surface area contributed by atoms with Gasteiger partial charge in [-0.15, -0.1) is 0 Å². The van der Waals surface area contributed by atoms with Crippen LogP contribution in [0.2, 0.25) is 0 Å². The fraction of sp³-hybridized carbons (Fsp3) is 0.0476. The summed E-state index contributed by atoms with van der Waals surface area (Å²) in [5.74, 6) is -0.762. The first-order valence-electron chi connectivity index (χ1n) is 9.63. The molecule has 0 aliphatic rings. The largest absolute Gasteiger partial charge is 0.477 e. The van der Waals surface area contributed by atoms with Gasteiger partial charge in [0.05, 0.1) is 27.1 Å². The Bertz CT molecular complexity index is 1330. The van der Waals surface area contributed by atoms with Gasteiger partial charge in [0.1, 0.15) is 5.75 Å². The summed E-state index contributed by atoms with van der Waals surface area (Å²) in [5.41, 5.74) is 1.34. The molecule has 178 valence electrons. The van der Waals surface area contributed by atoms with Crippen molar-refractivity contribution in [3.63, 3.8) is 0 Å². The second-order valence-corrected chi connectivity index (χ2v) is 6.65. The van der Waals surface area contributed by atoms with Gasteiger partial charge >= 0.3 is 11.4 Å². The molecule has 0 unspecified atom stereocenters. The molecule has 0 aromatic heterocycles. The van der Waals surface area contributed by atoms with Crippen LogP contribution in [-0.2, 0) is 4.79 Å². The van der Waals surface area contributed by atoms with Crippen molar-refractivity contribution in [2.75, 3.05) is 6.61 Å². The molecule has 14 heteroatoms. The van der Waals surface area contributed by atoms with Crippen molar-refractivity contribution >= 4 is 29.2 Å². The third-order valence-corrected chi connectivity index (χ3v) is 4.26. The SMILES string of the molecule is O=C(COc1ccccc1[N+](=O)[O-])NN=Cc1cccc(Oc2ccc([N+](=O)[O-])cc2[N+](=O)[O-])c1. The number of rotatable bonds is 10. The number of carbonyl (C=O) groups excluding carboxylic acids is 1. The van der Waals surface area contributed by atoms with Crippen LogP contribution >= 0.6 is 0 Å². The minimum absolute atomic E-state index is 0.0678. The minimum atomic E-state index is -0.796. The molecule has 0 atom stereocenters. The van der Waals surface area contributed by atoms with Crippen molar-refractivity contribution in [1.29, 1.82) is 0 Å². The van der Waals surface area contributed by atoms with Crippen LogP contribution in [0.25, 0.3) is 0 Å². The Balaban J connectivity index is 1.62. The van der Waals surface area contributed by atoms with Crippen LogP contribution in [0.15, 0.2) is 71.8 Å². The zero-order valence-corrected chi connectivity index (χ0v) is 17.6. The maximum atomic E-state index is 11.9. The van der Waals surface area contributed by atoms with Gasteiger partial charge in [-0.05, 0) is 29.8 Å². The highest BCUT2D eigenvalue weighted by Crippen LogP contribution is 2.34. The van der Waals surface area contributed by atoms with E-state index in [4.69, 9.17) is 9.47 Å². The molecular weight excluding hydrogens is 466 g/mol. The van der Waals surface area contributed by atoms with Crippen molar-refractivity contribution in [3.8, 4) is 17.2 Å². The topological polar surface area (TPSA) is 189 Å². The predicted molar refractivity (Wildman–Crippen MR) is 121 cm³/mol. The van der Waals surface area contributed by atoms with Gasteiger partial charge in [0.2, 0.25) is 5.75 Å². The number of ether oxygens (including phenoxy) is 2. The number of amides is 1. The van der Waals surface area contributed by atoms with E-state index in [1.54, 1.807) is 12.1 Å². The van der Waals surface area contributed by atoms with Crippen molar-refractivity contribution in [1.82, 2.24) is 5.43 Å². The van der Waals surface area contributed by atoms with Crippen LogP contribution in [0, 0.1) is 30.3 Å². The van der Waals surface area contributed by atoms with E-state index in [1.807, 2.05) is 0 Å². The molecule has 1 amide bonds. The summed E-state index contributed by atoms with van der Waals surface area (Å²) in [4.78, 5) is 42.8. The molecule has 0 radical (unpaired) electrons. The lowest BCUT2D eigenvalue weighted by molar-refractivity contribution is -0.394. The van der Waals surface area contributed by atoms with Gasteiger partial charge in [-0.1, -0.05) is 24.3 Å². The summed E-state index contributed by atoms with van der Waals surface area (Å²) in [5, 5.41) is 36.8. The lowest BCUT2D eigenvalue weighted by atomic mass is 10.2. The molecule has 3 rings (SSSR count). The Hall–Kier alpha value is -5.40. The number of nitrogens with zero attached hydrogens (tertiary/aromatic N) is 4. The average molecular weight is 481 g/mol. The molecule has 0 bridgehead atoms. The molecule has 3 aromatic carbocycles. The monoisotopic (exact) mass is 481 g/mol. The van der Waals surface area contributed by atoms with Crippen LogP contribution in [-0.4, -0.2) is 33.5 Å². The molecular formula is C21H15N5O9. The lowest BCUT2D eigenvalue weighted by Gasteiger charge is -2.07. The van der Waals surface area contributed by atoms with Crippen LogP contribution < -0.4 is 14.9 Å². The number of carbonyl (C=O) groups is 1. The van der Waals surface area contributed by atoms with E-state index in [-0.39, 0.29) is 22.9 Å². The quantitative estimate of drug-likeness (QED) is 0.255. The van der Waals surface area contributed by atoms with Crippen molar-refractivity contribution in [2.45, 2.75) is 0 Å². The smallest absolute Gasteiger partial charge is 0.318 e. The van der Waals surface area contributed by atoms with Gasteiger partial charge < -0.3 is 9.47 Å². The maximum Gasteiger partial charge on any atom is 0.318 e. The van der Waals surface area contributed by atoms with Crippen LogP contribution in [0.1, 0.15) is 5.56 Å². The molecule has 0 saturated carbocycles. The van der Waals surface area contributed by atoms with Gasteiger partial charge in [0.15, 0.2) is 12.4 Å². The standard InChI is InChI=1S/C21H15N5O9/c27-21(13-34-19-7-2-1-6-17(19)25(30)31)23-22-12-14-4-3-5-16(10-14)35-20-9-8-15(24(28)29)11-18(20)26(32)33/h1-12H,13H2,(H,23,27). The zero-order chi connectivity index (χ0) is 25.4. The minimum Gasteiger partial charge on any atom is -0.477 e. The Kier molecular flexibility index (Phi) is 7.59. The number of nitro groups is 3. The van der Waals surface area contributed by atoms with E-state index < -0.39 is 38.7 Å². The predicted octanol–water partition coefficient (Wildman–Crippen LogP) is 3.73. The third kappa shape index (κ3) is 6.55. The molecule has 0 heterocycles. The van der Waals surface area contributed by atoms with Crippen LogP contribution in [0.4, 0.5) is 17.1 Å². The Morgan fingerprint density at radius 3 is 2.31 bits per heavy atom. The van der Waals surface area contributed by atoms with Gasteiger partial charge in [0, 0.05) is 12.1 Å². The highest BCUT2D eigenvalue weighted by Gasteiger charge is 2.21. The van der Waals surface area contributed by atoms with Gasteiger partial charge in [-0.25, -0.2) is 5.43 Å². The first-order chi connectivity index (χ1) is 16.7. The number of benzene rings is 3. The molecule has 3 aromatic rings. The summed E-state index contributed by atoms with van der Waals surface area (Å²) >= 11 is 0. The third-order valence-electron chi connectivity index (χ3n) is 4.26.